The van der Waals surface area contributed by atoms with Crippen LogP contribution in [0.2, 0.25) is 0 Å². The van der Waals surface area contributed by atoms with Crippen molar-refractivity contribution in [1.82, 2.24) is 19.1 Å². The van der Waals surface area contributed by atoms with Gasteiger partial charge in [0.05, 0.1) is 33.3 Å². The smallest absolute Gasteiger partial charge is 0.235 e. The van der Waals surface area contributed by atoms with Crippen molar-refractivity contribution in [3.63, 3.8) is 0 Å². The first kappa shape index (κ1) is 30.6. The number of fused-ring (bicyclic) bond motifs is 13. The molecule has 0 saturated carbocycles. The van der Waals surface area contributed by atoms with E-state index in [-0.39, 0.29) is 0 Å². The molecule has 5 heteroatoms. The van der Waals surface area contributed by atoms with E-state index in [1.165, 1.54) is 38.0 Å². The summed E-state index contributed by atoms with van der Waals surface area (Å²) in [5.74, 6) is 0.629. The first-order valence-electron chi connectivity index (χ1n) is 19.3. The number of nitrogens with zero attached hydrogens (tertiary/aromatic N) is 4. The Hall–Kier alpha value is -7.76. The molecule has 0 amide bonds. The lowest BCUT2D eigenvalue weighted by Crippen LogP contribution is -2.03. The molecule has 0 unspecified atom stereocenters. The second-order valence-corrected chi connectivity index (χ2v) is 15.0. The van der Waals surface area contributed by atoms with Gasteiger partial charge in [-0.25, -0.2) is 9.97 Å². The van der Waals surface area contributed by atoms with Gasteiger partial charge in [0, 0.05) is 49.0 Å². The molecule has 0 aliphatic rings. The monoisotopic (exact) mass is 726 g/mol. The Balaban J connectivity index is 1.05. The van der Waals surface area contributed by atoms with Crippen LogP contribution in [0.5, 0.6) is 0 Å². The standard InChI is InChI=1S/C52H30N4O/c1-2-12-36-31(11-1)23-26-46-50(36)41-16-5-9-19-45(41)55(46)35-24-21-32-28-42-37-13-4-8-18-44(37)56(47(42)29-34(32)27-35)52-53-43-17-7-3-15-40(43)51(54-52)33-22-25-39-38-14-6-10-20-48(38)57-49(39)30-33/h1-30H. The predicted molar refractivity (Wildman–Crippen MR) is 236 cm³/mol. The minimum absolute atomic E-state index is 0.629. The normalized spacial score (nSPS) is 12.2. The topological polar surface area (TPSA) is 48.8 Å². The summed E-state index contributed by atoms with van der Waals surface area (Å²) < 4.78 is 11.0. The highest BCUT2D eigenvalue weighted by molar-refractivity contribution is 6.21. The Morgan fingerprint density at radius 2 is 1.07 bits per heavy atom. The van der Waals surface area contributed by atoms with Gasteiger partial charge in [-0.05, 0) is 88.3 Å². The maximum absolute atomic E-state index is 6.34. The number of benzene rings is 9. The molecule has 4 aromatic heterocycles. The van der Waals surface area contributed by atoms with Crippen LogP contribution in [0.15, 0.2) is 186 Å². The van der Waals surface area contributed by atoms with E-state index < -0.39 is 0 Å². The summed E-state index contributed by atoms with van der Waals surface area (Å²) in [7, 11) is 0. The van der Waals surface area contributed by atoms with E-state index in [9.17, 15) is 0 Å². The lowest BCUT2D eigenvalue weighted by Gasteiger charge is -2.12. The van der Waals surface area contributed by atoms with E-state index in [0.717, 1.165) is 77.0 Å². The lowest BCUT2D eigenvalue weighted by atomic mass is 10.0. The molecule has 13 rings (SSSR count). The average molecular weight is 727 g/mol. The van der Waals surface area contributed by atoms with Crippen molar-refractivity contribution in [3.8, 4) is 22.9 Å². The highest BCUT2D eigenvalue weighted by atomic mass is 16.3. The van der Waals surface area contributed by atoms with Crippen molar-refractivity contribution in [1.29, 1.82) is 0 Å². The zero-order valence-electron chi connectivity index (χ0n) is 30.5. The molecule has 4 heterocycles. The second kappa shape index (κ2) is 11.4. The van der Waals surface area contributed by atoms with E-state index in [0.29, 0.717) is 5.95 Å². The molecule has 0 aliphatic carbocycles. The lowest BCUT2D eigenvalue weighted by molar-refractivity contribution is 0.669. The van der Waals surface area contributed by atoms with Gasteiger partial charge in [-0.3, -0.25) is 4.57 Å². The molecule has 0 atom stereocenters. The zero-order valence-corrected chi connectivity index (χ0v) is 30.5. The van der Waals surface area contributed by atoms with Crippen LogP contribution >= 0.6 is 0 Å². The Morgan fingerprint density at radius 3 is 1.96 bits per heavy atom. The molecule has 57 heavy (non-hydrogen) atoms. The summed E-state index contributed by atoms with van der Waals surface area (Å²) in [6, 6.07) is 64.9. The molecule has 0 fully saturated rings. The zero-order chi connectivity index (χ0) is 37.2. The highest BCUT2D eigenvalue weighted by Gasteiger charge is 2.20. The van der Waals surface area contributed by atoms with Gasteiger partial charge in [-0.1, -0.05) is 115 Å². The molecule has 9 aromatic carbocycles. The van der Waals surface area contributed by atoms with Crippen molar-refractivity contribution < 1.29 is 4.42 Å². The molecule has 0 saturated heterocycles. The van der Waals surface area contributed by atoms with Gasteiger partial charge in [0.15, 0.2) is 0 Å². The third kappa shape index (κ3) is 4.34. The summed E-state index contributed by atoms with van der Waals surface area (Å²) in [5.41, 5.74) is 10.1. The molecule has 0 N–H and O–H groups in total. The van der Waals surface area contributed by atoms with Gasteiger partial charge in [-0.2, -0.15) is 0 Å². The van der Waals surface area contributed by atoms with Crippen LogP contribution in [0.1, 0.15) is 0 Å². The van der Waals surface area contributed by atoms with Gasteiger partial charge in [-0.15, -0.1) is 0 Å². The fraction of sp³-hybridized carbons (Fsp3) is 0. The van der Waals surface area contributed by atoms with Crippen LogP contribution in [0.4, 0.5) is 0 Å². The highest BCUT2D eigenvalue weighted by Crippen LogP contribution is 2.40. The van der Waals surface area contributed by atoms with E-state index in [2.05, 4.69) is 173 Å². The molecular formula is C52H30N4O. The Labute approximate surface area is 325 Å². The minimum Gasteiger partial charge on any atom is -0.456 e. The summed E-state index contributed by atoms with van der Waals surface area (Å²) in [6.45, 7) is 0. The molecular weight excluding hydrogens is 697 g/mol. The average Bonchev–Trinajstić information content (AvgIpc) is 3.92. The minimum atomic E-state index is 0.629. The SMILES string of the molecule is c1ccc2c(c1)ccc1c2c2ccccc2n1-c1ccc2cc3c4ccccc4n(-c4nc(-c5ccc6c(c5)oc5ccccc56)c5ccccc5n4)c3cc2c1. The van der Waals surface area contributed by atoms with Crippen molar-refractivity contribution >= 4 is 98.0 Å². The number of rotatable bonds is 3. The van der Waals surface area contributed by atoms with Crippen LogP contribution in [-0.2, 0) is 0 Å². The number of hydrogen-bond donors (Lipinski definition) is 0. The Kier molecular flexibility index (Phi) is 6.10. The Bertz CT molecular complexity index is 3830. The number of hydrogen-bond acceptors (Lipinski definition) is 3. The van der Waals surface area contributed by atoms with Gasteiger partial charge in [0.2, 0.25) is 5.95 Å². The van der Waals surface area contributed by atoms with E-state index in [1.807, 2.05) is 18.2 Å². The van der Waals surface area contributed by atoms with E-state index in [4.69, 9.17) is 14.4 Å². The Morgan fingerprint density at radius 1 is 0.368 bits per heavy atom. The summed E-state index contributed by atoms with van der Waals surface area (Å²) in [4.78, 5) is 10.7. The van der Waals surface area contributed by atoms with Gasteiger partial charge in [0.25, 0.3) is 0 Å². The van der Waals surface area contributed by atoms with Crippen LogP contribution in [0.3, 0.4) is 0 Å². The van der Waals surface area contributed by atoms with Crippen molar-refractivity contribution in [3.05, 3.63) is 182 Å². The summed E-state index contributed by atoms with van der Waals surface area (Å²) in [6.07, 6.45) is 0. The third-order valence-electron chi connectivity index (χ3n) is 11.9. The molecule has 0 spiro atoms. The molecule has 0 aliphatic heterocycles. The van der Waals surface area contributed by atoms with Crippen LogP contribution in [-0.4, -0.2) is 19.1 Å². The maximum Gasteiger partial charge on any atom is 0.235 e. The fourth-order valence-corrected chi connectivity index (χ4v) is 9.33. The fourth-order valence-electron chi connectivity index (χ4n) is 9.33. The molecule has 5 nitrogen and oxygen atoms in total. The van der Waals surface area contributed by atoms with E-state index >= 15 is 0 Å². The summed E-state index contributed by atoms with van der Waals surface area (Å²) in [5, 5.41) is 12.9. The van der Waals surface area contributed by atoms with Crippen LogP contribution < -0.4 is 0 Å². The number of furan rings is 1. The van der Waals surface area contributed by atoms with Crippen molar-refractivity contribution in [2.75, 3.05) is 0 Å². The molecule has 264 valence electrons. The predicted octanol–water partition coefficient (Wildman–Crippen LogP) is 13.7. The number of aromatic nitrogens is 4. The second-order valence-electron chi connectivity index (χ2n) is 15.0. The third-order valence-corrected chi connectivity index (χ3v) is 11.9. The maximum atomic E-state index is 6.34. The van der Waals surface area contributed by atoms with Crippen LogP contribution in [0.25, 0.3) is 121 Å². The quantitative estimate of drug-likeness (QED) is 0.182. The molecule has 0 radical (unpaired) electrons. The first-order valence-corrected chi connectivity index (χ1v) is 19.3. The van der Waals surface area contributed by atoms with Gasteiger partial charge < -0.3 is 8.98 Å². The van der Waals surface area contributed by atoms with Gasteiger partial charge >= 0.3 is 0 Å². The molecule has 13 aromatic rings. The first-order chi connectivity index (χ1) is 28.2. The van der Waals surface area contributed by atoms with Gasteiger partial charge in [0.1, 0.15) is 11.2 Å². The van der Waals surface area contributed by atoms with Crippen LogP contribution in [0, 0.1) is 0 Å². The van der Waals surface area contributed by atoms with Crippen molar-refractivity contribution in [2.24, 2.45) is 0 Å². The summed E-state index contributed by atoms with van der Waals surface area (Å²) >= 11 is 0. The molecule has 0 bridgehead atoms. The largest absolute Gasteiger partial charge is 0.456 e. The number of para-hydroxylation sites is 4. The van der Waals surface area contributed by atoms with Crippen molar-refractivity contribution in [2.45, 2.75) is 0 Å². The van der Waals surface area contributed by atoms with E-state index in [1.54, 1.807) is 0 Å².